The van der Waals surface area contributed by atoms with Crippen LogP contribution in [0.25, 0.3) is 0 Å². The summed E-state index contributed by atoms with van der Waals surface area (Å²) in [6.45, 7) is 0. The third-order valence-corrected chi connectivity index (χ3v) is 5.97. The van der Waals surface area contributed by atoms with Gasteiger partial charge in [0.2, 0.25) is 21.8 Å². The SMILES string of the molecule is CS(=O)(=O)NC(=O)[C@H]1CC[C@H](Oc2ccc(NC(=O)c3nnc(Nc4ccc(F)c(F)c4)o3)cn2)CC1. The molecule has 0 atom stereocenters. The Morgan fingerprint density at radius 1 is 1.03 bits per heavy atom. The minimum atomic E-state index is -3.59. The number of rotatable bonds is 8. The monoisotopic (exact) mass is 536 g/mol. The van der Waals surface area contributed by atoms with E-state index in [1.807, 2.05) is 4.72 Å². The van der Waals surface area contributed by atoms with Gasteiger partial charge in [-0.05, 0) is 43.9 Å². The van der Waals surface area contributed by atoms with Crippen LogP contribution in [0.3, 0.4) is 0 Å². The molecule has 0 saturated heterocycles. The van der Waals surface area contributed by atoms with Crippen molar-refractivity contribution in [3.8, 4) is 5.88 Å². The summed E-state index contributed by atoms with van der Waals surface area (Å²) in [5.41, 5.74) is 0.478. The minimum Gasteiger partial charge on any atom is -0.474 e. The lowest BCUT2D eigenvalue weighted by molar-refractivity contribution is -0.124. The first kappa shape index (κ1) is 25.9. The van der Waals surface area contributed by atoms with Gasteiger partial charge >= 0.3 is 17.8 Å². The summed E-state index contributed by atoms with van der Waals surface area (Å²) in [5.74, 6) is -3.74. The lowest BCUT2D eigenvalue weighted by Crippen LogP contribution is -2.38. The normalized spacial score (nSPS) is 17.6. The summed E-state index contributed by atoms with van der Waals surface area (Å²) in [6.07, 6.45) is 4.20. The van der Waals surface area contributed by atoms with Crippen LogP contribution in [0.4, 0.5) is 26.2 Å². The van der Waals surface area contributed by atoms with Crippen LogP contribution in [-0.4, -0.2) is 47.8 Å². The Morgan fingerprint density at radius 3 is 2.41 bits per heavy atom. The van der Waals surface area contributed by atoms with Gasteiger partial charge in [0.1, 0.15) is 6.10 Å². The first-order valence-electron chi connectivity index (χ1n) is 11.1. The maximum atomic E-state index is 13.3. The van der Waals surface area contributed by atoms with E-state index in [1.165, 1.54) is 12.3 Å². The molecule has 3 N–H and O–H groups in total. The zero-order valence-electron chi connectivity index (χ0n) is 19.4. The number of amides is 2. The number of sulfonamides is 1. The van der Waals surface area contributed by atoms with Crippen molar-refractivity contribution in [2.24, 2.45) is 5.92 Å². The number of nitrogens with zero attached hydrogens (tertiary/aromatic N) is 3. The molecule has 0 spiro atoms. The van der Waals surface area contributed by atoms with Crippen molar-refractivity contribution >= 4 is 39.2 Å². The Balaban J connectivity index is 1.26. The highest BCUT2D eigenvalue weighted by Gasteiger charge is 2.29. The highest BCUT2D eigenvalue weighted by Crippen LogP contribution is 2.28. The number of nitrogens with one attached hydrogen (secondary N) is 3. The third kappa shape index (κ3) is 7.19. The number of carbonyl (C=O) groups is 2. The van der Waals surface area contributed by atoms with Crippen molar-refractivity contribution in [2.45, 2.75) is 31.8 Å². The highest BCUT2D eigenvalue weighted by atomic mass is 32.2. The Hall–Kier alpha value is -4.14. The maximum Gasteiger partial charge on any atom is 0.320 e. The van der Waals surface area contributed by atoms with Gasteiger partial charge in [-0.2, -0.15) is 0 Å². The average Bonchev–Trinajstić information content (AvgIpc) is 3.31. The van der Waals surface area contributed by atoms with Crippen molar-refractivity contribution < 1.29 is 35.9 Å². The first-order valence-corrected chi connectivity index (χ1v) is 13.0. The lowest BCUT2D eigenvalue weighted by Gasteiger charge is -2.27. The molecular weight excluding hydrogens is 514 g/mol. The summed E-state index contributed by atoms with van der Waals surface area (Å²) in [7, 11) is -3.59. The molecule has 0 aliphatic heterocycles. The quantitative estimate of drug-likeness (QED) is 0.390. The van der Waals surface area contributed by atoms with Crippen molar-refractivity contribution in [1.82, 2.24) is 19.9 Å². The van der Waals surface area contributed by atoms with E-state index in [0.717, 1.165) is 18.4 Å². The molecule has 4 rings (SSSR count). The fourth-order valence-corrected chi connectivity index (χ4v) is 4.18. The predicted octanol–water partition coefficient (Wildman–Crippen LogP) is 2.75. The first-order chi connectivity index (χ1) is 17.6. The van der Waals surface area contributed by atoms with E-state index in [2.05, 4.69) is 25.8 Å². The topological polar surface area (TPSA) is 165 Å². The van der Waals surface area contributed by atoms with Crippen molar-refractivity contribution in [3.05, 3.63) is 54.1 Å². The molecule has 2 amide bonds. The Bertz CT molecular complexity index is 1390. The molecule has 1 saturated carbocycles. The van der Waals surface area contributed by atoms with E-state index in [1.54, 1.807) is 12.1 Å². The van der Waals surface area contributed by atoms with E-state index >= 15 is 0 Å². The third-order valence-electron chi connectivity index (χ3n) is 5.40. The van der Waals surface area contributed by atoms with Crippen molar-refractivity contribution in [3.63, 3.8) is 0 Å². The molecule has 1 fully saturated rings. The van der Waals surface area contributed by atoms with Crippen molar-refractivity contribution in [1.29, 1.82) is 0 Å². The van der Waals surface area contributed by atoms with Gasteiger partial charge in [-0.25, -0.2) is 22.2 Å². The van der Waals surface area contributed by atoms with Crippen molar-refractivity contribution in [2.75, 3.05) is 16.9 Å². The van der Waals surface area contributed by atoms with Gasteiger partial charge in [-0.3, -0.25) is 14.3 Å². The minimum absolute atomic E-state index is 0.153. The molecule has 37 heavy (non-hydrogen) atoms. The summed E-state index contributed by atoms with van der Waals surface area (Å²) in [4.78, 5) is 28.5. The molecule has 196 valence electrons. The zero-order valence-corrected chi connectivity index (χ0v) is 20.2. The lowest BCUT2D eigenvalue weighted by atomic mass is 9.87. The molecule has 2 heterocycles. The van der Waals surface area contributed by atoms with Gasteiger partial charge in [0.05, 0.1) is 18.1 Å². The largest absolute Gasteiger partial charge is 0.474 e. The Morgan fingerprint density at radius 2 is 1.76 bits per heavy atom. The molecule has 3 aromatic rings. The van der Waals surface area contributed by atoms with Gasteiger partial charge in [-0.15, -0.1) is 5.10 Å². The predicted molar refractivity (Wildman–Crippen MR) is 125 cm³/mol. The van der Waals surface area contributed by atoms with Crippen LogP contribution in [0.2, 0.25) is 0 Å². The van der Waals surface area contributed by atoms with Crippen LogP contribution in [0.15, 0.2) is 40.9 Å². The molecule has 0 unspecified atom stereocenters. The maximum absolute atomic E-state index is 13.3. The van der Waals surface area contributed by atoms with E-state index < -0.39 is 39.4 Å². The van der Waals surface area contributed by atoms with Gasteiger partial charge < -0.3 is 19.8 Å². The van der Waals surface area contributed by atoms with Gasteiger partial charge in [0.15, 0.2) is 11.6 Å². The second-order valence-corrected chi connectivity index (χ2v) is 10.1. The van der Waals surface area contributed by atoms with Crippen LogP contribution in [0.5, 0.6) is 5.88 Å². The number of anilines is 3. The molecule has 1 aliphatic rings. The molecule has 1 aromatic carbocycles. The van der Waals surface area contributed by atoms with Gasteiger partial charge in [0.25, 0.3) is 0 Å². The van der Waals surface area contributed by atoms with Gasteiger partial charge in [0, 0.05) is 23.7 Å². The van der Waals surface area contributed by atoms with Crippen LogP contribution in [0.1, 0.15) is 36.4 Å². The summed E-state index contributed by atoms with van der Waals surface area (Å²) in [5, 5.41) is 12.4. The average molecular weight is 537 g/mol. The number of carbonyl (C=O) groups excluding carboxylic acids is 2. The fraction of sp³-hybridized carbons (Fsp3) is 0.318. The molecule has 15 heteroatoms. The molecule has 12 nitrogen and oxygen atoms in total. The highest BCUT2D eigenvalue weighted by molar-refractivity contribution is 7.89. The number of pyridine rings is 1. The fourth-order valence-electron chi connectivity index (χ4n) is 3.65. The number of aromatic nitrogens is 3. The molecule has 1 aliphatic carbocycles. The summed E-state index contributed by atoms with van der Waals surface area (Å²) < 4.78 is 61.8. The van der Waals surface area contributed by atoms with Crippen LogP contribution < -0.4 is 20.1 Å². The molecule has 2 aromatic heterocycles. The Labute approximate surface area is 209 Å². The van der Waals surface area contributed by atoms with E-state index in [9.17, 15) is 26.8 Å². The zero-order chi connectivity index (χ0) is 26.6. The summed E-state index contributed by atoms with van der Waals surface area (Å²) >= 11 is 0. The molecule has 0 bridgehead atoms. The number of ether oxygens (including phenoxy) is 1. The number of hydrogen-bond acceptors (Lipinski definition) is 10. The second-order valence-electron chi connectivity index (χ2n) is 8.34. The Kier molecular flexibility index (Phi) is 7.61. The smallest absolute Gasteiger partial charge is 0.320 e. The number of hydrogen-bond donors (Lipinski definition) is 3. The van der Waals surface area contributed by atoms with E-state index in [0.29, 0.717) is 37.3 Å². The number of halogens is 2. The van der Waals surface area contributed by atoms with E-state index in [-0.39, 0.29) is 23.7 Å². The number of benzene rings is 1. The second kappa shape index (κ2) is 10.9. The molecule has 0 radical (unpaired) electrons. The standard InChI is InChI=1S/C22H22F2N6O6S/c1-37(33,34)30-19(31)12-2-6-15(7-3-12)35-18-9-5-14(11-25-18)26-20(32)21-28-29-22(36-21)27-13-4-8-16(23)17(24)10-13/h4-5,8-12,15H,2-3,6-7H2,1H3,(H,26,32)(H,27,29)(H,30,31)/t12-,15-. The van der Waals surface area contributed by atoms with Gasteiger partial charge in [-0.1, -0.05) is 5.10 Å². The molecular formula is C22H22F2N6O6S. The van der Waals surface area contributed by atoms with Crippen LogP contribution in [-0.2, 0) is 14.8 Å². The van der Waals surface area contributed by atoms with E-state index in [4.69, 9.17) is 9.15 Å². The van der Waals surface area contributed by atoms with Crippen LogP contribution in [0, 0.1) is 17.6 Å². The summed E-state index contributed by atoms with van der Waals surface area (Å²) in [6, 6.07) is 6.01. The van der Waals surface area contributed by atoms with Crippen LogP contribution >= 0.6 is 0 Å².